The van der Waals surface area contributed by atoms with Crippen LogP contribution in [0, 0.1) is 6.92 Å². The van der Waals surface area contributed by atoms with Crippen molar-refractivity contribution in [2.45, 2.75) is 13.5 Å². The second-order valence-electron chi connectivity index (χ2n) is 3.86. The third kappa shape index (κ3) is 1.96. The minimum absolute atomic E-state index is 0.600. The summed E-state index contributed by atoms with van der Waals surface area (Å²) in [7, 11) is 4.03. The number of halogens is 1. The number of rotatable bonds is 2. The number of hydrogen-bond donors (Lipinski definition) is 0. The molecule has 0 radical (unpaired) electrons. The maximum atomic E-state index is 6.06. The van der Waals surface area contributed by atoms with Gasteiger partial charge in [-0.1, -0.05) is 11.6 Å². The van der Waals surface area contributed by atoms with Crippen molar-refractivity contribution in [3.8, 4) is 0 Å². The predicted molar refractivity (Wildman–Crippen MR) is 60.1 cm³/mol. The molecule has 0 atom stereocenters. The second kappa shape index (κ2) is 3.79. The molecule has 2 aromatic rings. The summed E-state index contributed by atoms with van der Waals surface area (Å²) in [6, 6.07) is 1.81. The van der Waals surface area contributed by atoms with Crippen molar-refractivity contribution >= 4 is 17.2 Å². The molecule has 0 aromatic carbocycles. The van der Waals surface area contributed by atoms with Crippen molar-refractivity contribution in [3.63, 3.8) is 0 Å². The lowest BCUT2D eigenvalue weighted by Gasteiger charge is -2.07. The van der Waals surface area contributed by atoms with E-state index in [1.807, 2.05) is 27.2 Å². The number of nitrogens with zero attached hydrogens (tertiary/aromatic N) is 4. The van der Waals surface area contributed by atoms with Crippen LogP contribution in [-0.2, 0) is 6.54 Å². The van der Waals surface area contributed by atoms with E-state index in [4.69, 9.17) is 11.6 Å². The Morgan fingerprint density at radius 2 is 2.20 bits per heavy atom. The van der Waals surface area contributed by atoms with E-state index in [-0.39, 0.29) is 0 Å². The first kappa shape index (κ1) is 10.4. The lowest BCUT2D eigenvalue weighted by atomic mass is 10.3. The number of aromatic nitrogens is 3. The molecule has 0 bridgehead atoms. The van der Waals surface area contributed by atoms with Crippen LogP contribution in [-0.4, -0.2) is 33.6 Å². The van der Waals surface area contributed by atoms with Gasteiger partial charge >= 0.3 is 0 Å². The minimum Gasteiger partial charge on any atom is -0.305 e. The van der Waals surface area contributed by atoms with Crippen LogP contribution in [0.3, 0.4) is 0 Å². The molecule has 4 nitrogen and oxygen atoms in total. The van der Waals surface area contributed by atoms with Crippen molar-refractivity contribution < 1.29 is 0 Å². The first-order valence-corrected chi connectivity index (χ1v) is 5.10. The highest BCUT2D eigenvalue weighted by molar-refractivity contribution is 6.29. The van der Waals surface area contributed by atoms with E-state index in [9.17, 15) is 0 Å². The molecule has 0 spiro atoms. The molecule has 15 heavy (non-hydrogen) atoms. The van der Waals surface area contributed by atoms with Crippen molar-refractivity contribution in [2.24, 2.45) is 0 Å². The Morgan fingerprint density at radius 3 is 2.87 bits per heavy atom. The van der Waals surface area contributed by atoms with E-state index < -0.39 is 0 Å². The van der Waals surface area contributed by atoms with E-state index in [1.165, 1.54) is 0 Å². The minimum atomic E-state index is 0.600. The van der Waals surface area contributed by atoms with Crippen molar-refractivity contribution in [1.29, 1.82) is 0 Å². The highest BCUT2D eigenvalue weighted by atomic mass is 35.5. The molecule has 0 aliphatic heterocycles. The summed E-state index contributed by atoms with van der Waals surface area (Å²) in [5, 5.41) is 4.81. The summed E-state index contributed by atoms with van der Waals surface area (Å²) < 4.78 is 1.66. The molecular weight excluding hydrogens is 212 g/mol. The predicted octanol–water partition coefficient (Wildman–Crippen LogP) is 1.75. The summed E-state index contributed by atoms with van der Waals surface area (Å²) in [4.78, 5) is 6.52. The van der Waals surface area contributed by atoms with Gasteiger partial charge in [-0.05, 0) is 27.1 Å². The molecule has 0 saturated carbocycles. The molecule has 5 heteroatoms. The van der Waals surface area contributed by atoms with Crippen LogP contribution in [0.2, 0.25) is 5.15 Å². The Bertz CT molecular complexity index is 489. The van der Waals surface area contributed by atoms with Crippen molar-refractivity contribution in [3.05, 3.63) is 28.7 Å². The Hall–Kier alpha value is -1.13. The van der Waals surface area contributed by atoms with Gasteiger partial charge in [-0.3, -0.25) is 0 Å². The SMILES string of the molecule is Cc1cc(Cl)n2ncc(CN(C)C)c2n1. The first-order valence-electron chi connectivity index (χ1n) is 4.72. The van der Waals surface area contributed by atoms with Gasteiger partial charge in [0.1, 0.15) is 5.15 Å². The van der Waals surface area contributed by atoms with Gasteiger partial charge in [0, 0.05) is 17.8 Å². The Balaban J connectivity index is 2.58. The van der Waals surface area contributed by atoms with E-state index in [0.717, 1.165) is 23.4 Å². The number of hydrogen-bond acceptors (Lipinski definition) is 3. The van der Waals surface area contributed by atoms with Crippen LogP contribution < -0.4 is 0 Å². The highest BCUT2D eigenvalue weighted by Crippen LogP contribution is 2.16. The van der Waals surface area contributed by atoms with Crippen LogP contribution in [0.1, 0.15) is 11.3 Å². The van der Waals surface area contributed by atoms with Crippen LogP contribution in [0.4, 0.5) is 0 Å². The van der Waals surface area contributed by atoms with Crippen molar-refractivity contribution in [2.75, 3.05) is 14.1 Å². The van der Waals surface area contributed by atoms with Gasteiger partial charge in [-0.2, -0.15) is 5.10 Å². The van der Waals surface area contributed by atoms with E-state index in [2.05, 4.69) is 15.0 Å². The monoisotopic (exact) mass is 224 g/mol. The normalized spacial score (nSPS) is 11.5. The fourth-order valence-electron chi connectivity index (χ4n) is 1.54. The Labute approximate surface area is 93.5 Å². The first-order chi connectivity index (χ1) is 7.08. The quantitative estimate of drug-likeness (QED) is 0.729. The van der Waals surface area contributed by atoms with Gasteiger partial charge in [-0.25, -0.2) is 9.50 Å². The van der Waals surface area contributed by atoms with Crippen molar-refractivity contribution in [1.82, 2.24) is 19.5 Å². The van der Waals surface area contributed by atoms with Gasteiger partial charge < -0.3 is 4.90 Å². The second-order valence-corrected chi connectivity index (χ2v) is 4.25. The van der Waals surface area contributed by atoms with Crippen LogP contribution in [0.5, 0.6) is 0 Å². The average molecular weight is 225 g/mol. The van der Waals surface area contributed by atoms with Crippen LogP contribution in [0.15, 0.2) is 12.3 Å². The summed E-state index contributed by atoms with van der Waals surface area (Å²) >= 11 is 6.06. The standard InChI is InChI=1S/C10H13ClN4/c1-7-4-9(11)15-10(13-7)8(5-12-15)6-14(2)3/h4-5H,6H2,1-3H3. The molecule has 2 rings (SSSR count). The van der Waals surface area contributed by atoms with E-state index in [0.29, 0.717) is 5.15 Å². The fourth-order valence-corrected chi connectivity index (χ4v) is 1.82. The zero-order valence-electron chi connectivity index (χ0n) is 9.03. The van der Waals surface area contributed by atoms with Gasteiger partial charge in [0.15, 0.2) is 5.65 Å². The third-order valence-electron chi connectivity index (χ3n) is 2.12. The molecule has 0 fully saturated rings. The molecule has 2 heterocycles. The third-order valence-corrected chi connectivity index (χ3v) is 2.39. The molecule has 0 unspecified atom stereocenters. The molecule has 0 aliphatic rings. The van der Waals surface area contributed by atoms with Gasteiger partial charge in [0.2, 0.25) is 0 Å². The van der Waals surface area contributed by atoms with E-state index >= 15 is 0 Å². The molecule has 0 amide bonds. The summed E-state index contributed by atoms with van der Waals surface area (Å²) in [5.41, 5.74) is 2.84. The summed E-state index contributed by atoms with van der Waals surface area (Å²) in [6.07, 6.45) is 1.81. The van der Waals surface area contributed by atoms with Crippen LogP contribution in [0.25, 0.3) is 5.65 Å². The molecular formula is C10H13ClN4. The van der Waals surface area contributed by atoms with Gasteiger partial charge in [0.25, 0.3) is 0 Å². The van der Waals surface area contributed by atoms with E-state index in [1.54, 1.807) is 10.6 Å². The average Bonchev–Trinajstić information content (AvgIpc) is 2.48. The lowest BCUT2D eigenvalue weighted by Crippen LogP contribution is -2.10. The zero-order chi connectivity index (χ0) is 11.0. The summed E-state index contributed by atoms with van der Waals surface area (Å²) in [5.74, 6) is 0. The lowest BCUT2D eigenvalue weighted by molar-refractivity contribution is 0.403. The Kier molecular flexibility index (Phi) is 2.63. The van der Waals surface area contributed by atoms with Crippen LogP contribution >= 0.6 is 11.6 Å². The molecule has 0 N–H and O–H groups in total. The number of aryl methyl sites for hydroxylation is 1. The fraction of sp³-hybridized carbons (Fsp3) is 0.400. The summed E-state index contributed by atoms with van der Waals surface area (Å²) in [6.45, 7) is 2.74. The van der Waals surface area contributed by atoms with Gasteiger partial charge in [-0.15, -0.1) is 0 Å². The molecule has 0 saturated heterocycles. The number of fused-ring (bicyclic) bond motifs is 1. The Morgan fingerprint density at radius 1 is 1.47 bits per heavy atom. The van der Waals surface area contributed by atoms with Gasteiger partial charge in [0.05, 0.1) is 6.20 Å². The molecule has 0 aliphatic carbocycles. The zero-order valence-corrected chi connectivity index (χ0v) is 9.78. The topological polar surface area (TPSA) is 33.4 Å². The smallest absolute Gasteiger partial charge is 0.161 e. The molecule has 2 aromatic heterocycles. The highest BCUT2D eigenvalue weighted by Gasteiger charge is 2.09. The maximum absolute atomic E-state index is 6.06. The largest absolute Gasteiger partial charge is 0.305 e. The molecule has 80 valence electrons. The maximum Gasteiger partial charge on any atom is 0.161 e.